The smallest absolute Gasteiger partial charge is 0.174 e. The Labute approximate surface area is 124 Å². The number of nitrogens with zero attached hydrogens (tertiary/aromatic N) is 1. The second-order valence-electron chi connectivity index (χ2n) is 4.62. The number of nitrogens with one attached hydrogen (secondary N) is 1. The molecule has 0 aliphatic rings. The third kappa shape index (κ3) is 4.60. The van der Waals surface area contributed by atoms with Crippen molar-refractivity contribution < 1.29 is 9.84 Å². The highest BCUT2D eigenvalue weighted by molar-refractivity contribution is 5.29. The van der Waals surface area contributed by atoms with Gasteiger partial charge in [-0.15, -0.1) is 0 Å². The van der Waals surface area contributed by atoms with E-state index in [9.17, 15) is 5.11 Å². The molecule has 0 amide bonds. The molecule has 2 N–H and O–H groups in total. The zero-order valence-electron chi connectivity index (χ0n) is 11.7. The number of hydrogen-bond acceptors (Lipinski definition) is 4. The number of hydrogen-bond donors (Lipinski definition) is 2. The molecule has 1 atom stereocenters. The maximum Gasteiger partial charge on any atom is 0.174 e. The molecule has 0 fully saturated rings. The lowest BCUT2D eigenvalue weighted by atomic mass is 10.1. The van der Waals surface area contributed by atoms with Gasteiger partial charge >= 0.3 is 0 Å². The minimum atomic E-state index is -0.102. The van der Waals surface area contributed by atoms with Crippen molar-refractivity contribution in [1.29, 1.82) is 5.26 Å². The fraction of sp³-hybridized carbons (Fsp3) is 0.235. The van der Waals surface area contributed by atoms with Crippen LogP contribution in [0.3, 0.4) is 0 Å². The number of benzene rings is 2. The molecule has 21 heavy (non-hydrogen) atoms. The first kappa shape index (κ1) is 15.0. The van der Waals surface area contributed by atoms with Crippen molar-refractivity contribution in [1.82, 2.24) is 5.32 Å². The van der Waals surface area contributed by atoms with Gasteiger partial charge in [0.05, 0.1) is 12.6 Å². The standard InChI is InChI=1S/C17H18N2O2/c18-9-10-21-16-8-4-5-14(11-16)12-19-17(13-20)15-6-2-1-3-7-15/h1-8,11,17,19-20H,10,12-13H2. The van der Waals surface area contributed by atoms with Crippen molar-refractivity contribution in [2.24, 2.45) is 0 Å². The van der Waals surface area contributed by atoms with E-state index in [4.69, 9.17) is 10.00 Å². The van der Waals surface area contributed by atoms with Gasteiger partial charge < -0.3 is 15.2 Å². The van der Waals surface area contributed by atoms with Gasteiger partial charge in [0.2, 0.25) is 0 Å². The Morgan fingerprint density at radius 2 is 1.95 bits per heavy atom. The van der Waals surface area contributed by atoms with Crippen LogP contribution in [-0.4, -0.2) is 18.3 Å². The summed E-state index contributed by atoms with van der Waals surface area (Å²) in [6, 6.07) is 19.3. The summed E-state index contributed by atoms with van der Waals surface area (Å²) in [6.07, 6.45) is 0. The van der Waals surface area contributed by atoms with Gasteiger partial charge in [0.15, 0.2) is 6.61 Å². The van der Waals surface area contributed by atoms with Crippen molar-refractivity contribution in [3.05, 3.63) is 65.7 Å². The number of ether oxygens (including phenoxy) is 1. The largest absolute Gasteiger partial charge is 0.479 e. The molecule has 0 aromatic heterocycles. The van der Waals surface area contributed by atoms with E-state index < -0.39 is 0 Å². The van der Waals surface area contributed by atoms with E-state index in [0.29, 0.717) is 12.3 Å². The van der Waals surface area contributed by atoms with E-state index in [0.717, 1.165) is 11.1 Å². The summed E-state index contributed by atoms with van der Waals surface area (Å²) < 4.78 is 5.28. The van der Waals surface area contributed by atoms with Gasteiger partial charge in [0.1, 0.15) is 11.8 Å². The van der Waals surface area contributed by atoms with Crippen molar-refractivity contribution in [2.45, 2.75) is 12.6 Å². The topological polar surface area (TPSA) is 65.3 Å². The molecule has 0 saturated heterocycles. The average molecular weight is 282 g/mol. The Hall–Kier alpha value is -2.35. The van der Waals surface area contributed by atoms with Crippen LogP contribution in [0.15, 0.2) is 54.6 Å². The summed E-state index contributed by atoms with van der Waals surface area (Å²) in [5.41, 5.74) is 2.09. The van der Waals surface area contributed by atoms with Crippen LogP contribution in [0, 0.1) is 11.3 Å². The molecule has 0 aliphatic carbocycles. The normalized spacial score (nSPS) is 11.6. The highest BCUT2D eigenvalue weighted by Crippen LogP contribution is 2.16. The number of aliphatic hydroxyl groups excluding tert-OH is 1. The summed E-state index contributed by atoms with van der Waals surface area (Å²) in [4.78, 5) is 0. The Balaban J connectivity index is 1.97. The maximum atomic E-state index is 9.50. The molecule has 0 aliphatic heterocycles. The van der Waals surface area contributed by atoms with Gasteiger partial charge in [0, 0.05) is 6.54 Å². The molecular formula is C17H18N2O2. The Morgan fingerprint density at radius 3 is 2.67 bits per heavy atom. The highest BCUT2D eigenvalue weighted by Gasteiger charge is 2.09. The summed E-state index contributed by atoms with van der Waals surface area (Å²) in [6.45, 7) is 0.693. The Kier molecular flexibility index (Phi) is 5.77. The number of aliphatic hydroxyl groups is 1. The highest BCUT2D eigenvalue weighted by atomic mass is 16.5. The first-order valence-corrected chi connectivity index (χ1v) is 6.81. The van der Waals surface area contributed by atoms with Crippen LogP contribution in [-0.2, 0) is 6.54 Å². The van der Waals surface area contributed by atoms with Crippen LogP contribution in [0.25, 0.3) is 0 Å². The van der Waals surface area contributed by atoms with Crippen LogP contribution in [0.5, 0.6) is 5.75 Å². The van der Waals surface area contributed by atoms with Gasteiger partial charge in [-0.3, -0.25) is 0 Å². The SMILES string of the molecule is N#CCOc1cccc(CNC(CO)c2ccccc2)c1. The molecule has 4 nitrogen and oxygen atoms in total. The van der Waals surface area contributed by atoms with Gasteiger partial charge in [0.25, 0.3) is 0 Å². The Bertz CT molecular complexity index is 593. The van der Waals surface area contributed by atoms with E-state index in [1.165, 1.54) is 0 Å². The van der Waals surface area contributed by atoms with Crippen LogP contribution in [0.2, 0.25) is 0 Å². The first-order chi connectivity index (χ1) is 10.3. The molecule has 0 saturated carbocycles. The van der Waals surface area contributed by atoms with E-state index in [1.54, 1.807) is 0 Å². The van der Waals surface area contributed by atoms with Crippen molar-refractivity contribution in [3.8, 4) is 11.8 Å². The Morgan fingerprint density at radius 1 is 1.14 bits per heavy atom. The molecule has 0 bridgehead atoms. The quantitative estimate of drug-likeness (QED) is 0.818. The van der Waals surface area contributed by atoms with E-state index >= 15 is 0 Å². The third-order valence-electron chi connectivity index (χ3n) is 3.14. The predicted molar refractivity (Wildman–Crippen MR) is 80.7 cm³/mol. The average Bonchev–Trinajstić information content (AvgIpc) is 2.55. The molecule has 1 unspecified atom stereocenters. The summed E-state index contributed by atoms with van der Waals surface area (Å²) in [5.74, 6) is 0.677. The lowest BCUT2D eigenvalue weighted by Crippen LogP contribution is -2.23. The fourth-order valence-corrected chi connectivity index (χ4v) is 2.08. The maximum absolute atomic E-state index is 9.50. The molecule has 2 aromatic carbocycles. The minimum absolute atomic E-state index is 0.0363. The van der Waals surface area contributed by atoms with Crippen molar-refractivity contribution in [3.63, 3.8) is 0 Å². The first-order valence-electron chi connectivity index (χ1n) is 6.81. The van der Waals surface area contributed by atoms with Crippen LogP contribution in [0.4, 0.5) is 0 Å². The van der Waals surface area contributed by atoms with Crippen LogP contribution in [0.1, 0.15) is 17.2 Å². The molecule has 4 heteroatoms. The van der Waals surface area contributed by atoms with Gasteiger partial charge in [-0.25, -0.2) is 0 Å². The van der Waals surface area contributed by atoms with Crippen LogP contribution >= 0.6 is 0 Å². The molecule has 0 heterocycles. The fourth-order valence-electron chi connectivity index (χ4n) is 2.08. The van der Waals surface area contributed by atoms with Crippen LogP contribution < -0.4 is 10.1 Å². The number of rotatable bonds is 7. The summed E-state index contributed by atoms with van der Waals surface area (Å²) in [5, 5.41) is 21.3. The second kappa shape index (κ2) is 8.05. The molecule has 0 radical (unpaired) electrons. The molecule has 2 aromatic rings. The minimum Gasteiger partial charge on any atom is -0.479 e. The lowest BCUT2D eigenvalue weighted by molar-refractivity contribution is 0.243. The third-order valence-corrected chi connectivity index (χ3v) is 3.14. The molecule has 108 valence electrons. The zero-order chi connectivity index (χ0) is 14.9. The predicted octanol–water partition coefficient (Wildman–Crippen LogP) is 2.41. The van der Waals surface area contributed by atoms with E-state index in [2.05, 4.69) is 5.32 Å². The second-order valence-corrected chi connectivity index (χ2v) is 4.62. The molecule has 0 spiro atoms. The van der Waals surface area contributed by atoms with Gasteiger partial charge in [-0.1, -0.05) is 42.5 Å². The monoisotopic (exact) mass is 282 g/mol. The van der Waals surface area contributed by atoms with E-state index in [-0.39, 0.29) is 19.3 Å². The van der Waals surface area contributed by atoms with Crippen molar-refractivity contribution in [2.75, 3.05) is 13.2 Å². The lowest BCUT2D eigenvalue weighted by Gasteiger charge is -2.17. The molecular weight excluding hydrogens is 264 g/mol. The zero-order valence-corrected chi connectivity index (χ0v) is 11.7. The van der Waals surface area contributed by atoms with Gasteiger partial charge in [-0.05, 0) is 23.3 Å². The van der Waals surface area contributed by atoms with E-state index in [1.807, 2.05) is 60.7 Å². The summed E-state index contributed by atoms with van der Waals surface area (Å²) in [7, 11) is 0. The summed E-state index contributed by atoms with van der Waals surface area (Å²) >= 11 is 0. The number of nitriles is 1. The molecule has 2 rings (SSSR count). The van der Waals surface area contributed by atoms with Gasteiger partial charge in [-0.2, -0.15) is 5.26 Å². The van der Waals surface area contributed by atoms with Crippen molar-refractivity contribution >= 4 is 0 Å².